The molecular weight excluding hydrogens is 406 g/mol. The van der Waals surface area contributed by atoms with Gasteiger partial charge in [-0.05, 0) is 35.9 Å². The molecule has 1 N–H and O–H groups in total. The molecule has 9 heteroatoms. The van der Waals surface area contributed by atoms with Gasteiger partial charge in [-0.1, -0.05) is 35.3 Å². The fourth-order valence-electron chi connectivity index (χ4n) is 2.32. The summed E-state index contributed by atoms with van der Waals surface area (Å²) in [6.07, 6.45) is -4.61. The van der Waals surface area contributed by atoms with Crippen molar-refractivity contribution in [3.8, 4) is 0 Å². The maximum Gasteiger partial charge on any atom is 0.416 e. The van der Waals surface area contributed by atoms with E-state index in [4.69, 9.17) is 23.2 Å². The Hall–Kier alpha value is -2.25. The second-order valence-corrected chi connectivity index (χ2v) is 6.41. The summed E-state index contributed by atoms with van der Waals surface area (Å²) in [6.45, 7) is 0. The van der Waals surface area contributed by atoms with Crippen LogP contribution in [0.4, 0.5) is 13.2 Å². The van der Waals surface area contributed by atoms with Crippen LogP contribution in [0.5, 0.6) is 0 Å². The number of nitrogens with one attached hydrogen (secondary N) is 1. The van der Waals surface area contributed by atoms with Crippen molar-refractivity contribution in [2.24, 2.45) is 0 Å². The second-order valence-electron chi connectivity index (χ2n) is 5.57. The second kappa shape index (κ2) is 8.63. The molecule has 1 atom stereocenters. The van der Waals surface area contributed by atoms with E-state index in [9.17, 15) is 22.8 Å². The highest BCUT2D eigenvalue weighted by molar-refractivity contribution is 6.35. The third kappa shape index (κ3) is 5.61. The highest BCUT2D eigenvalue weighted by Gasteiger charge is 2.31. The predicted molar refractivity (Wildman–Crippen MR) is 94.9 cm³/mol. The SMILES string of the molecule is COC(=O)[C@H](Cc1ccc(Cl)cc1Cl)NC(=O)c1cccc(C(F)(F)F)c1. The van der Waals surface area contributed by atoms with Gasteiger partial charge in [-0.3, -0.25) is 4.79 Å². The summed E-state index contributed by atoms with van der Waals surface area (Å²) < 4.78 is 43.1. The maximum atomic E-state index is 12.8. The molecule has 0 saturated carbocycles. The minimum atomic E-state index is -4.59. The van der Waals surface area contributed by atoms with Crippen molar-refractivity contribution in [2.75, 3.05) is 7.11 Å². The zero-order valence-corrected chi connectivity index (χ0v) is 15.5. The van der Waals surface area contributed by atoms with Crippen LogP contribution in [0.2, 0.25) is 10.0 Å². The van der Waals surface area contributed by atoms with Crippen molar-refractivity contribution < 1.29 is 27.5 Å². The van der Waals surface area contributed by atoms with E-state index in [2.05, 4.69) is 10.1 Å². The van der Waals surface area contributed by atoms with E-state index in [1.165, 1.54) is 12.1 Å². The van der Waals surface area contributed by atoms with Crippen LogP contribution < -0.4 is 5.32 Å². The van der Waals surface area contributed by atoms with Crippen LogP contribution in [-0.2, 0) is 22.1 Å². The third-order valence-electron chi connectivity index (χ3n) is 3.68. The van der Waals surface area contributed by atoms with Crippen LogP contribution in [0.1, 0.15) is 21.5 Å². The molecule has 2 aromatic carbocycles. The highest BCUT2D eigenvalue weighted by atomic mass is 35.5. The summed E-state index contributed by atoms with van der Waals surface area (Å²) in [4.78, 5) is 24.3. The van der Waals surface area contributed by atoms with Crippen molar-refractivity contribution in [2.45, 2.75) is 18.6 Å². The van der Waals surface area contributed by atoms with E-state index in [1.807, 2.05) is 0 Å². The molecule has 0 bridgehead atoms. The Morgan fingerprint density at radius 1 is 1.15 bits per heavy atom. The van der Waals surface area contributed by atoms with E-state index in [0.717, 1.165) is 19.2 Å². The number of halogens is 5. The normalized spacial score (nSPS) is 12.4. The zero-order valence-electron chi connectivity index (χ0n) is 13.9. The van der Waals surface area contributed by atoms with Gasteiger partial charge in [0.25, 0.3) is 5.91 Å². The Morgan fingerprint density at radius 2 is 1.85 bits per heavy atom. The average molecular weight is 420 g/mol. The Morgan fingerprint density at radius 3 is 2.44 bits per heavy atom. The molecule has 27 heavy (non-hydrogen) atoms. The maximum absolute atomic E-state index is 12.8. The van der Waals surface area contributed by atoms with Crippen molar-refractivity contribution in [3.05, 3.63) is 69.2 Å². The topological polar surface area (TPSA) is 55.4 Å². The molecule has 0 aromatic heterocycles. The molecule has 0 aliphatic heterocycles. The molecule has 0 aliphatic rings. The first-order chi connectivity index (χ1) is 12.6. The number of methoxy groups -OCH3 is 1. The lowest BCUT2D eigenvalue weighted by atomic mass is 10.0. The van der Waals surface area contributed by atoms with Gasteiger partial charge >= 0.3 is 12.1 Å². The summed E-state index contributed by atoms with van der Waals surface area (Å²) in [5.74, 6) is -1.61. The average Bonchev–Trinajstić information content (AvgIpc) is 2.61. The molecule has 0 spiro atoms. The van der Waals surface area contributed by atoms with E-state index in [-0.39, 0.29) is 17.0 Å². The molecule has 0 fully saturated rings. The smallest absolute Gasteiger partial charge is 0.416 e. The van der Waals surface area contributed by atoms with E-state index >= 15 is 0 Å². The summed E-state index contributed by atoms with van der Waals surface area (Å²) in [6, 6.07) is 7.36. The molecular formula is C18H14Cl2F3NO3. The fourth-order valence-corrected chi connectivity index (χ4v) is 2.81. The molecule has 2 aromatic rings. The number of amides is 1. The van der Waals surface area contributed by atoms with E-state index in [0.29, 0.717) is 16.7 Å². The lowest BCUT2D eigenvalue weighted by molar-refractivity contribution is -0.143. The number of benzene rings is 2. The van der Waals surface area contributed by atoms with Crippen molar-refractivity contribution >= 4 is 35.1 Å². The molecule has 4 nitrogen and oxygen atoms in total. The summed E-state index contributed by atoms with van der Waals surface area (Å²) in [5.41, 5.74) is -0.688. The Kier molecular flexibility index (Phi) is 6.73. The Labute approximate surface area is 163 Å². The minimum absolute atomic E-state index is 0.0205. The summed E-state index contributed by atoms with van der Waals surface area (Å²) in [7, 11) is 1.13. The standard InChI is InChI=1S/C18H14Cl2F3NO3/c1-27-17(26)15(8-10-5-6-13(19)9-14(10)20)24-16(25)11-3-2-4-12(7-11)18(21,22)23/h2-7,9,15H,8H2,1H3,(H,24,25)/t15-/m0/s1. The van der Waals surface area contributed by atoms with E-state index < -0.39 is 29.7 Å². The first-order valence-electron chi connectivity index (χ1n) is 7.61. The van der Waals surface area contributed by atoms with Gasteiger partial charge in [0.05, 0.1) is 12.7 Å². The Bertz CT molecular complexity index is 856. The minimum Gasteiger partial charge on any atom is -0.467 e. The van der Waals surface area contributed by atoms with Gasteiger partial charge < -0.3 is 10.1 Å². The number of carbonyl (C=O) groups excluding carboxylic acids is 2. The summed E-state index contributed by atoms with van der Waals surface area (Å²) >= 11 is 11.9. The highest BCUT2D eigenvalue weighted by Crippen LogP contribution is 2.29. The lowest BCUT2D eigenvalue weighted by Crippen LogP contribution is -2.43. The van der Waals surface area contributed by atoms with Crippen LogP contribution in [0.25, 0.3) is 0 Å². The molecule has 144 valence electrons. The molecule has 0 radical (unpaired) electrons. The van der Waals surface area contributed by atoms with Gasteiger partial charge in [0, 0.05) is 22.0 Å². The lowest BCUT2D eigenvalue weighted by Gasteiger charge is -2.18. The number of alkyl halides is 3. The quantitative estimate of drug-likeness (QED) is 0.724. The van der Waals surface area contributed by atoms with Crippen LogP contribution in [0.15, 0.2) is 42.5 Å². The van der Waals surface area contributed by atoms with Gasteiger partial charge in [-0.2, -0.15) is 13.2 Å². The van der Waals surface area contributed by atoms with Gasteiger partial charge in [-0.25, -0.2) is 4.79 Å². The van der Waals surface area contributed by atoms with Crippen LogP contribution >= 0.6 is 23.2 Å². The molecule has 0 unspecified atom stereocenters. The van der Waals surface area contributed by atoms with Crippen molar-refractivity contribution in [3.63, 3.8) is 0 Å². The van der Waals surface area contributed by atoms with Gasteiger partial charge in [-0.15, -0.1) is 0 Å². The number of esters is 1. The monoisotopic (exact) mass is 419 g/mol. The number of ether oxygens (including phenoxy) is 1. The number of hydrogen-bond acceptors (Lipinski definition) is 3. The van der Waals surface area contributed by atoms with E-state index in [1.54, 1.807) is 12.1 Å². The fraction of sp³-hybridized carbons (Fsp3) is 0.222. The molecule has 0 aliphatic carbocycles. The van der Waals surface area contributed by atoms with Crippen LogP contribution in [0.3, 0.4) is 0 Å². The molecule has 0 heterocycles. The number of carbonyl (C=O) groups is 2. The largest absolute Gasteiger partial charge is 0.467 e. The van der Waals surface area contributed by atoms with Crippen molar-refractivity contribution in [1.82, 2.24) is 5.32 Å². The number of hydrogen-bond donors (Lipinski definition) is 1. The zero-order chi connectivity index (χ0) is 20.2. The molecule has 0 saturated heterocycles. The first kappa shape index (κ1) is 21.1. The number of rotatable bonds is 5. The summed E-state index contributed by atoms with van der Waals surface area (Å²) in [5, 5.41) is 3.06. The van der Waals surface area contributed by atoms with Gasteiger partial charge in [0.1, 0.15) is 6.04 Å². The Balaban J connectivity index is 2.23. The van der Waals surface area contributed by atoms with Crippen molar-refractivity contribution in [1.29, 1.82) is 0 Å². The predicted octanol–water partition coefficient (Wildman–Crippen LogP) is 4.53. The third-order valence-corrected chi connectivity index (χ3v) is 4.27. The van der Waals surface area contributed by atoms with Crippen LogP contribution in [-0.4, -0.2) is 25.0 Å². The molecule has 1 amide bonds. The van der Waals surface area contributed by atoms with Crippen LogP contribution in [0, 0.1) is 0 Å². The van der Waals surface area contributed by atoms with Gasteiger partial charge in [0.15, 0.2) is 0 Å². The molecule has 2 rings (SSSR count). The first-order valence-corrected chi connectivity index (χ1v) is 8.37. The van der Waals surface area contributed by atoms with Gasteiger partial charge in [0.2, 0.25) is 0 Å².